The van der Waals surface area contributed by atoms with Crippen molar-refractivity contribution >= 4 is 11.8 Å². The molecule has 4 rings (SSSR count). The number of aliphatic hydroxyl groups is 1. The van der Waals surface area contributed by atoms with Gasteiger partial charge in [-0.1, -0.05) is 36.4 Å². The van der Waals surface area contributed by atoms with Crippen molar-refractivity contribution in [2.24, 2.45) is 5.92 Å². The molecule has 176 valence electrons. The average Bonchev–Trinajstić information content (AvgIpc) is 2.83. The molecule has 0 aliphatic carbocycles. The monoisotopic (exact) mass is 449 g/mol. The zero-order valence-electron chi connectivity index (χ0n) is 19.5. The number of aliphatic hydroxyl groups excluding tert-OH is 1. The minimum atomic E-state index is -0.603. The van der Waals surface area contributed by atoms with Crippen LogP contribution in [0.3, 0.4) is 0 Å². The fraction of sp³-hybridized carbons (Fsp3) is 0.481. The fourth-order valence-electron chi connectivity index (χ4n) is 5.01. The highest BCUT2D eigenvalue weighted by atomic mass is 16.3. The summed E-state index contributed by atoms with van der Waals surface area (Å²) in [6, 6.07) is 16.2. The van der Waals surface area contributed by atoms with E-state index in [2.05, 4.69) is 40.5 Å². The number of carbonyl (C=O) groups is 2. The van der Waals surface area contributed by atoms with Gasteiger partial charge in [0.1, 0.15) is 0 Å². The van der Waals surface area contributed by atoms with E-state index < -0.39 is 6.10 Å². The van der Waals surface area contributed by atoms with Crippen LogP contribution in [0.25, 0.3) is 0 Å². The zero-order chi connectivity index (χ0) is 23.2. The lowest BCUT2D eigenvalue weighted by Crippen LogP contribution is -2.42. The normalized spacial score (nSPS) is 17.9. The number of likely N-dealkylation sites (tertiary alicyclic amines) is 1. The SMILES string of the molecule is CC(=O)N1CCC(Cc2cccc(C(=O)NCC(O)CN3CCc4ccccc4C3)c2)CC1. The molecule has 6 heteroatoms. The third kappa shape index (κ3) is 6.42. The maximum Gasteiger partial charge on any atom is 0.251 e. The van der Waals surface area contributed by atoms with E-state index >= 15 is 0 Å². The van der Waals surface area contributed by atoms with Crippen molar-refractivity contribution in [3.8, 4) is 0 Å². The van der Waals surface area contributed by atoms with Gasteiger partial charge >= 0.3 is 0 Å². The molecule has 1 fully saturated rings. The lowest BCUT2D eigenvalue weighted by molar-refractivity contribution is -0.130. The Morgan fingerprint density at radius 1 is 1.06 bits per heavy atom. The van der Waals surface area contributed by atoms with E-state index in [0.29, 0.717) is 18.0 Å². The van der Waals surface area contributed by atoms with Crippen molar-refractivity contribution in [3.63, 3.8) is 0 Å². The maximum atomic E-state index is 12.7. The summed E-state index contributed by atoms with van der Waals surface area (Å²) in [5.74, 6) is 0.543. The summed E-state index contributed by atoms with van der Waals surface area (Å²) in [6.07, 6.45) is 3.32. The van der Waals surface area contributed by atoms with Crippen LogP contribution in [0.1, 0.15) is 46.8 Å². The van der Waals surface area contributed by atoms with Gasteiger partial charge in [-0.05, 0) is 60.4 Å². The number of β-amino-alcohol motifs (C(OH)–C–C–N with tert-alkyl or cyclic N) is 1. The Kier molecular flexibility index (Phi) is 7.78. The number of nitrogens with zero attached hydrogens (tertiary/aromatic N) is 2. The molecule has 33 heavy (non-hydrogen) atoms. The standard InChI is InChI=1S/C27H35N3O3/c1-20(31)30-13-9-21(10-14-30)15-22-5-4-8-24(16-22)27(33)28-17-26(32)19-29-12-11-23-6-2-3-7-25(23)18-29/h2-8,16,21,26,32H,9-15,17-19H2,1H3,(H,28,33). The quantitative estimate of drug-likeness (QED) is 0.682. The van der Waals surface area contributed by atoms with Crippen LogP contribution in [-0.2, 0) is 24.2 Å². The molecule has 1 atom stereocenters. The van der Waals surface area contributed by atoms with Gasteiger partial charge in [0.05, 0.1) is 6.10 Å². The molecule has 2 aromatic carbocycles. The molecular weight excluding hydrogens is 414 g/mol. The van der Waals surface area contributed by atoms with Crippen molar-refractivity contribution in [2.75, 3.05) is 32.7 Å². The summed E-state index contributed by atoms with van der Waals surface area (Å²) in [5, 5.41) is 13.4. The predicted octanol–water partition coefficient (Wildman–Crippen LogP) is 2.64. The van der Waals surface area contributed by atoms with Crippen molar-refractivity contribution in [1.29, 1.82) is 0 Å². The highest BCUT2D eigenvalue weighted by Gasteiger charge is 2.22. The Morgan fingerprint density at radius 3 is 2.58 bits per heavy atom. The smallest absolute Gasteiger partial charge is 0.251 e. The number of piperidine rings is 1. The first-order chi connectivity index (χ1) is 16.0. The van der Waals surface area contributed by atoms with Crippen molar-refractivity contribution in [3.05, 3.63) is 70.8 Å². The molecule has 0 aromatic heterocycles. The summed E-state index contributed by atoms with van der Waals surface area (Å²) >= 11 is 0. The molecule has 0 radical (unpaired) electrons. The van der Waals surface area contributed by atoms with Gasteiger partial charge in [-0.25, -0.2) is 0 Å². The van der Waals surface area contributed by atoms with Gasteiger partial charge in [0.15, 0.2) is 0 Å². The molecule has 2 aliphatic heterocycles. The molecule has 2 aliphatic rings. The molecule has 2 N–H and O–H groups in total. The number of benzene rings is 2. The van der Waals surface area contributed by atoms with Crippen molar-refractivity contribution < 1.29 is 14.7 Å². The predicted molar refractivity (Wildman–Crippen MR) is 129 cm³/mol. The number of hydrogen-bond acceptors (Lipinski definition) is 4. The van der Waals surface area contributed by atoms with Gasteiger partial charge < -0.3 is 15.3 Å². The second kappa shape index (κ2) is 10.9. The van der Waals surface area contributed by atoms with Gasteiger partial charge in [0, 0.05) is 51.8 Å². The molecule has 0 saturated carbocycles. The van der Waals surface area contributed by atoms with Crippen LogP contribution >= 0.6 is 0 Å². The first-order valence-electron chi connectivity index (χ1n) is 12.1. The molecule has 2 amide bonds. The van der Waals surface area contributed by atoms with Crippen LogP contribution in [0.4, 0.5) is 0 Å². The molecule has 2 aromatic rings. The largest absolute Gasteiger partial charge is 0.390 e. The minimum absolute atomic E-state index is 0.147. The van der Waals surface area contributed by atoms with E-state index in [1.165, 1.54) is 11.1 Å². The van der Waals surface area contributed by atoms with Crippen LogP contribution in [-0.4, -0.2) is 65.5 Å². The second-order valence-electron chi connectivity index (χ2n) is 9.47. The Bertz CT molecular complexity index is 969. The second-order valence-corrected chi connectivity index (χ2v) is 9.47. The summed E-state index contributed by atoms with van der Waals surface area (Å²) in [5.41, 5.74) is 4.49. The molecule has 0 spiro atoms. The minimum Gasteiger partial charge on any atom is -0.390 e. The Balaban J connectivity index is 1.23. The van der Waals surface area contributed by atoms with Crippen molar-refractivity contribution in [1.82, 2.24) is 15.1 Å². The zero-order valence-corrected chi connectivity index (χ0v) is 19.5. The van der Waals surface area contributed by atoms with Gasteiger partial charge in [0.25, 0.3) is 5.91 Å². The first kappa shape index (κ1) is 23.5. The molecule has 0 bridgehead atoms. The average molecular weight is 450 g/mol. The topological polar surface area (TPSA) is 72.9 Å². The summed E-state index contributed by atoms with van der Waals surface area (Å²) in [7, 11) is 0. The number of amides is 2. The molecular formula is C27H35N3O3. The number of hydrogen-bond donors (Lipinski definition) is 2. The highest BCUT2D eigenvalue weighted by Crippen LogP contribution is 2.22. The Labute approximate surface area is 196 Å². The molecule has 6 nitrogen and oxygen atoms in total. The van der Waals surface area contributed by atoms with Crippen LogP contribution in [0.5, 0.6) is 0 Å². The van der Waals surface area contributed by atoms with E-state index in [0.717, 1.165) is 57.4 Å². The van der Waals surface area contributed by atoms with Crippen LogP contribution in [0, 0.1) is 5.92 Å². The molecule has 1 unspecified atom stereocenters. The Hall–Kier alpha value is -2.70. The molecule has 1 saturated heterocycles. The lowest BCUT2D eigenvalue weighted by atomic mass is 9.89. The molecule has 2 heterocycles. The van der Waals surface area contributed by atoms with Crippen molar-refractivity contribution in [2.45, 2.75) is 45.3 Å². The summed E-state index contributed by atoms with van der Waals surface area (Å²) < 4.78 is 0. The third-order valence-electron chi connectivity index (χ3n) is 6.95. The van der Waals surface area contributed by atoms with Gasteiger partial charge in [-0.2, -0.15) is 0 Å². The van der Waals surface area contributed by atoms with E-state index in [9.17, 15) is 14.7 Å². The maximum absolute atomic E-state index is 12.7. The highest BCUT2D eigenvalue weighted by molar-refractivity contribution is 5.94. The van der Waals surface area contributed by atoms with Gasteiger partial charge in [-0.3, -0.25) is 14.5 Å². The van der Waals surface area contributed by atoms with E-state index in [-0.39, 0.29) is 18.4 Å². The number of nitrogens with one attached hydrogen (secondary N) is 1. The van der Waals surface area contributed by atoms with E-state index in [4.69, 9.17) is 0 Å². The number of fused-ring (bicyclic) bond motifs is 1. The fourth-order valence-corrected chi connectivity index (χ4v) is 5.01. The van der Waals surface area contributed by atoms with Crippen LogP contribution in [0.2, 0.25) is 0 Å². The van der Waals surface area contributed by atoms with Crippen LogP contribution in [0.15, 0.2) is 48.5 Å². The van der Waals surface area contributed by atoms with E-state index in [1.807, 2.05) is 23.1 Å². The third-order valence-corrected chi connectivity index (χ3v) is 6.95. The number of rotatable bonds is 7. The van der Waals surface area contributed by atoms with Crippen LogP contribution < -0.4 is 5.32 Å². The Morgan fingerprint density at radius 2 is 1.82 bits per heavy atom. The van der Waals surface area contributed by atoms with Gasteiger partial charge in [-0.15, -0.1) is 0 Å². The number of carbonyl (C=O) groups excluding carboxylic acids is 2. The van der Waals surface area contributed by atoms with Gasteiger partial charge in [0.2, 0.25) is 5.91 Å². The lowest BCUT2D eigenvalue weighted by Gasteiger charge is -2.31. The summed E-state index contributed by atoms with van der Waals surface area (Å²) in [4.78, 5) is 28.4. The first-order valence-corrected chi connectivity index (χ1v) is 12.1. The van der Waals surface area contributed by atoms with E-state index in [1.54, 1.807) is 6.92 Å². The summed E-state index contributed by atoms with van der Waals surface area (Å²) in [6.45, 7) is 5.83.